The minimum atomic E-state index is -0.952. The number of nitrogens with two attached hydrogens (primary N) is 1. The lowest BCUT2D eigenvalue weighted by Gasteiger charge is -2.12. The molecule has 1 aliphatic rings. The zero-order valence-corrected chi connectivity index (χ0v) is 9.80. The van der Waals surface area contributed by atoms with Gasteiger partial charge in [0.15, 0.2) is 0 Å². The van der Waals surface area contributed by atoms with Crippen LogP contribution in [0.25, 0.3) is 0 Å². The van der Waals surface area contributed by atoms with E-state index in [-0.39, 0.29) is 5.56 Å². The van der Waals surface area contributed by atoms with E-state index in [0.29, 0.717) is 10.9 Å². The summed E-state index contributed by atoms with van der Waals surface area (Å²) < 4.78 is 0. The predicted molar refractivity (Wildman–Crippen MR) is 65.9 cm³/mol. The third-order valence-corrected chi connectivity index (χ3v) is 4.31. The minimum absolute atomic E-state index is 0.211. The van der Waals surface area contributed by atoms with Gasteiger partial charge in [-0.3, -0.25) is 0 Å². The molecule has 4 heteroatoms. The van der Waals surface area contributed by atoms with Gasteiger partial charge < -0.3 is 10.8 Å². The smallest absolute Gasteiger partial charge is 0.337 e. The first-order valence-electron chi connectivity index (χ1n) is 5.47. The van der Waals surface area contributed by atoms with Crippen LogP contribution in [0.4, 0.5) is 5.69 Å². The molecular formula is C12H15NO2S. The molecule has 1 aromatic carbocycles. The number of hydrogen-bond acceptors (Lipinski definition) is 3. The standard InChI is InChI=1S/C12H15NO2S/c13-11-9(12(14)15)6-3-7-10(11)16-8-4-1-2-5-8/h3,6-8H,1-2,4-5,13H2,(H,14,15). The Balaban J connectivity index is 2.20. The van der Waals surface area contributed by atoms with Crippen LogP contribution in [0.5, 0.6) is 0 Å². The average Bonchev–Trinajstić information content (AvgIpc) is 2.73. The Labute approximate surface area is 99.0 Å². The van der Waals surface area contributed by atoms with Crippen molar-refractivity contribution < 1.29 is 9.90 Å². The SMILES string of the molecule is Nc1c(SC2CCCC2)cccc1C(=O)O. The molecule has 1 aromatic rings. The van der Waals surface area contributed by atoms with Gasteiger partial charge in [-0.15, -0.1) is 11.8 Å². The molecule has 0 atom stereocenters. The van der Waals surface area contributed by atoms with E-state index in [2.05, 4.69) is 0 Å². The highest BCUT2D eigenvalue weighted by atomic mass is 32.2. The molecule has 0 aromatic heterocycles. The highest BCUT2D eigenvalue weighted by molar-refractivity contribution is 8.00. The van der Waals surface area contributed by atoms with Crippen molar-refractivity contribution in [2.45, 2.75) is 35.8 Å². The Bertz CT molecular complexity index is 400. The molecular weight excluding hydrogens is 222 g/mol. The molecule has 16 heavy (non-hydrogen) atoms. The molecule has 2 rings (SSSR count). The fourth-order valence-electron chi connectivity index (χ4n) is 2.02. The van der Waals surface area contributed by atoms with E-state index in [1.807, 2.05) is 6.07 Å². The van der Waals surface area contributed by atoms with Crippen LogP contribution >= 0.6 is 11.8 Å². The molecule has 3 N–H and O–H groups in total. The zero-order chi connectivity index (χ0) is 11.5. The number of para-hydroxylation sites is 1. The molecule has 1 aliphatic carbocycles. The number of anilines is 1. The number of benzene rings is 1. The lowest BCUT2D eigenvalue weighted by atomic mass is 10.2. The number of nitrogen functional groups attached to an aromatic ring is 1. The van der Waals surface area contributed by atoms with Gasteiger partial charge in [0.05, 0.1) is 11.3 Å². The lowest BCUT2D eigenvalue weighted by Crippen LogP contribution is -2.04. The maximum Gasteiger partial charge on any atom is 0.337 e. The van der Waals surface area contributed by atoms with Gasteiger partial charge in [-0.25, -0.2) is 4.79 Å². The highest BCUT2D eigenvalue weighted by Crippen LogP contribution is 2.38. The Morgan fingerprint density at radius 1 is 1.38 bits per heavy atom. The van der Waals surface area contributed by atoms with Gasteiger partial charge in [0.2, 0.25) is 0 Å². The predicted octanol–water partition coefficient (Wildman–Crippen LogP) is 3.00. The first-order chi connectivity index (χ1) is 7.68. The van der Waals surface area contributed by atoms with Gasteiger partial charge in [0.25, 0.3) is 0 Å². The molecule has 0 amide bonds. The summed E-state index contributed by atoms with van der Waals surface area (Å²) >= 11 is 1.72. The number of hydrogen-bond donors (Lipinski definition) is 2. The minimum Gasteiger partial charge on any atom is -0.478 e. The number of rotatable bonds is 3. The summed E-state index contributed by atoms with van der Waals surface area (Å²) in [7, 11) is 0. The third-order valence-electron chi connectivity index (χ3n) is 2.89. The van der Waals surface area contributed by atoms with Crippen molar-refractivity contribution in [1.29, 1.82) is 0 Å². The normalized spacial score (nSPS) is 16.5. The summed E-state index contributed by atoms with van der Waals surface area (Å²) in [6.45, 7) is 0. The van der Waals surface area contributed by atoms with Crippen LogP contribution in [0, 0.1) is 0 Å². The number of aromatic carboxylic acids is 1. The van der Waals surface area contributed by atoms with Crippen LogP contribution in [0.3, 0.4) is 0 Å². The molecule has 0 aliphatic heterocycles. The largest absolute Gasteiger partial charge is 0.478 e. The van der Waals surface area contributed by atoms with E-state index in [4.69, 9.17) is 10.8 Å². The van der Waals surface area contributed by atoms with Crippen LogP contribution < -0.4 is 5.73 Å². The van der Waals surface area contributed by atoms with Crippen LogP contribution in [0.15, 0.2) is 23.1 Å². The van der Waals surface area contributed by atoms with E-state index in [0.717, 1.165) is 4.90 Å². The van der Waals surface area contributed by atoms with Crippen LogP contribution in [0.1, 0.15) is 36.0 Å². The van der Waals surface area contributed by atoms with Crippen LogP contribution in [0.2, 0.25) is 0 Å². The molecule has 1 fully saturated rings. The van der Waals surface area contributed by atoms with Crippen molar-refractivity contribution in [3.8, 4) is 0 Å². The van der Waals surface area contributed by atoms with Crippen LogP contribution in [-0.2, 0) is 0 Å². The van der Waals surface area contributed by atoms with E-state index < -0.39 is 5.97 Å². The molecule has 0 heterocycles. The first-order valence-corrected chi connectivity index (χ1v) is 6.35. The van der Waals surface area contributed by atoms with Crippen molar-refractivity contribution in [2.75, 3.05) is 5.73 Å². The second-order valence-electron chi connectivity index (χ2n) is 4.05. The molecule has 1 saturated carbocycles. The third kappa shape index (κ3) is 2.32. The van der Waals surface area contributed by atoms with Crippen LogP contribution in [-0.4, -0.2) is 16.3 Å². The summed E-state index contributed by atoms with van der Waals surface area (Å²) in [6, 6.07) is 5.22. The monoisotopic (exact) mass is 237 g/mol. The van der Waals surface area contributed by atoms with Gasteiger partial charge in [-0.05, 0) is 25.0 Å². The van der Waals surface area contributed by atoms with Crippen molar-refractivity contribution in [1.82, 2.24) is 0 Å². The van der Waals surface area contributed by atoms with Gasteiger partial charge >= 0.3 is 5.97 Å². The van der Waals surface area contributed by atoms with Crippen molar-refractivity contribution in [2.24, 2.45) is 0 Å². The molecule has 0 spiro atoms. The Hall–Kier alpha value is -1.16. The lowest BCUT2D eigenvalue weighted by molar-refractivity contribution is 0.0698. The molecule has 3 nitrogen and oxygen atoms in total. The van der Waals surface area contributed by atoms with E-state index in [9.17, 15) is 4.79 Å². The Kier molecular flexibility index (Phi) is 3.39. The van der Waals surface area contributed by atoms with Gasteiger partial charge in [-0.2, -0.15) is 0 Å². The van der Waals surface area contributed by atoms with E-state index in [1.165, 1.54) is 25.7 Å². The second-order valence-corrected chi connectivity index (χ2v) is 5.39. The van der Waals surface area contributed by atoms with Crippen molar-refractivity contribution in [3.05, 3.63) is 23.8 Å². The summed E-state index contributed by atoms with van der Waals surface area (Å²) in [5.41, 5.74) is 6.48. The van der Waals surface area contributed by atoms with E-state index in [1.54, 1.807) is 23.9 Å². The molecule has 0 bridgehead atoms. The number of thioether (sulfide) groups is 1. The Morgan fingerprint density at radius 3 is 2.69 bits per heavy atom. The maximum absolute atomic E-state index is 10.9. The quantitative estimate of drug-likeness (QED) is 0.793. The average molecular weight is 237 g/mol. The Morgan fingerprint density at radius 2 is 2.06 bits per heavy atom. The molecule has 0 unspecified atom stereocenters. The summed E-state index contributed by atoms with van der Waals surface area (Å²) in [6.07, 6.45) is 4.97. The summed E-state index contributed by atoms with van der Waals surface area (Å²) in [5.74, 6) is -0.952. The van der Waals surface area contributed by atoms with Gasteiger partial charge in [-0.1, -0.05) is 18.9 Å². The number of carboxylic acids is 1. The van der Waals surface area contributed by atoms with Gasteiger partial charge in [0.1, 0.15) is 0 Å². The summed E-state index contributed by atoms with van der Waals surface area (Å²) in [4.78, 5) is 11.8. The molecule has 0 radical (unpaired) electrons. The van der Waals surface area contributed by atoms with Gasteiger partial charge in [0, 0.05) is 10.1 Å². The molecule has 0 saturated heterocycles. The second kappa shape index (κ2) is 4.78. The summed E-state index contributed by atoms with van der Waals surface area (Å²) in [5, 5.41) is 9.56. The van der Waals surface area contributed by atoms with Crippen molar-refractivity contribution in [3.63, 3.8) is 0 Å². The van der Waals surface area contributed by atoms with E-state index >= 15 is 0 Å². The fourth-order valence-corrected chi connectivity index (χ4v) is 3.34. The molecule has 86 valence electrons. The first kappa shape index (κ1) is 11.3. The fraction of sp³-hybridized carbons (Fsp3) is 0.417. The highest BCUT2D eigenvalue weighted by Gasteiger charge is 2.19. The number of carbonyl (C=O) groups is 1. The van der Waals surface area contributed by atoms with Crippen molar-refractivity contribution >= 4 is 23.4 Å². The number of carboxylic acid groups (broad SMARTS) is 1. The topological polar surface area (TPSA) is 63.3 Å². The zero-order valence-electron chi connectivity index (χ0n) is 8.98. The maximum atomic E-state index is 10.9.